The number of terminal acetylenes is 1. The van der Waals surface area contributed by atoms with E-state index in [0.717, 1.165) is 67.7 Å². The van der Waals surface area contributed by atoms with E-state index in [-0.39, 0.29) is 34.9 Å². The smallest absolute Gasteiger partial charge is 0.293 e. The Morgan fingerprint density at radius 3 is 2.59 bits per heavy atom. The molecule has 3 atom stereocenters. The molecule has 0 radical (unpaired) electrons. The first-order valence-electron chi connectivity index (χ1n) is 21.1. The van der Waals surface area contributed by atoms with E-state index in [1.165, 1.54) is 42.3 Å². The Labute approximate surface area is 355 Å². The van der Waals surface area contributed by atoms with Gasteiger partial charge in [-0.2, -0.15) is 0 Å². The van der Waals surface area contributed by atoms with Crippen LogP contribution in [0.3, 0.4) is 0 Å². The van der Waals surface area contributed by atoms with Gasteiger partial charge in [0.2, 0.25) is 0 Å². The zero-order chi connectivity index (χ0) is 42.1. The third kappa shape index (κ3) is 8.64. The van der Waals surface area contributed by atoms with E-state index in [0.29, 0.717) is 43.1 Å². The lowest BCUT2D eigenvalue weighted by Gasteiger charge is -2.37. The number of carbonyl (C=O) groups is 1. The van der Waals surface area contributed by atoms with Crippen molar-refractivity contribution in [3.8, 4) is 23.8 Å². The fraction of sp³-hybridized carbons (Fsp3) is 0.362. The SMILES string of the molecule is C#CC1CCN(C2CC=C(c3ccc(C(=O)NS(=O)(=O)c4ccc(NCC5CCOCC5)c([N+](=O)[O-])c4)c(Oc4cnc5[nH]ccc5c4)c3)CC2)C1c1ccccc1C1CC1. The number of amides is 1. The summed E-state index contributed by atoms with van der Waals surface area (Å²) in [7, 11) is -4.56. The third-order valence-corrected chi connectivity index (χ3v) is 14.0. The predicted molar refractivity (Wildman–Crippen MR) is 233 cm³/mol. The van der Waals surface area contributed by atoms with E-state index >= 15 is 0 Å². The number of rotatable bonds is 13. The molecule has 3 N–H and O–H groups in total. The highest BCUT2D eigenvalue weighted by atomic mass is 32.2. The Bertz CT molecular complexity index is 2660. The molecule has 1 saturated carbocycles. The van der Waals surface area contributed by atoms with Gasteiger partial charge in [0.1, 0.15) is 22.8 Å². The number of nitro benzene ring substituents is 1. The average Bonchev–Trinajstić information content (AvgIpc) is 3.87. The van der Waals surface area contributed by atoms with Crippen molar-refractivity contribution >= 4 is 43.9 Å². The largest absolute Gasteiger partial charge is 0.455 e. The number of H-pyrrole nitrogens is 1. The van der Waals surface area contributed by atoms with E-state index in [2.05, 4.69) is 61.2 Å². The molecule has 5 aromatic rings. The number of anilines is 1. The van der Waals surface area contributed by atoms with Crippen LogP contribution in [-0.2, 0) is 14.8 Å². The van der Waals surface area contributed by atoms with Crippen molar-refractivity contribution in [2.24, 2.45) is 11.8 Å². The molecule has 2 saturated heterocycles. The van der Waals surface area contributed by atoms with Crippen molar-refractivity contribution in [2.75, 3.05) is 31.6 Å². The number of allylic oxidation sites excluding steroid dienone is 1. The van der Waals surface area contributed by atoms with Crippen LogP contribution in [0.25, 0.3) is 16.6 Å². The number of hydrogen-bond donors (Lipinski definition) is 3. The maximum absolute atomic E-state index is 13.9. The van der Waals surface area contributed by atoms with E-state index in [4.69, 9.17) is 15.9 Å². The molecule has 4 heterocycles. The Balaban J connectivity index is 0.964. The van der Waals surface area contributed by atoms with Crippen molar-refractivity contribution in [1.29, 1.82) is 0 Å². The summed E-state index contributed by atoms with van der Waals surface area (Å²) in [4.78, 5) is 35.1. The van der Waals surface area contributed by atoms with Crippen molar-refractivity contribution in [3.63, 3.8) is 0 Å². The number of hydrogen-bond acceptors (Lipinski definition) is 10. The van der Waals surface area contributed by atoms with Crippen molar-refractivity contribution in [2.45, 2.75) is 74.3 Å². The second-order valence-electron chi connectivity index (χ2n) is 16.5. The van der Waals surface area contributed by atoms with Gasteiger partial charge in [-0.3, -0.25) is 19.8 Å². The number of nitrogens with one attached hydrogen (secondary N) is 3. The van der Waals surface area contributed by atoms with Crippen molar-refractivity contribution in [1.82, 2.24) is 19.6 Å². The topological polar surface area (TPSA) is 169 Å². The van der Waals surface area contributed by atoms with Crippen LogP contribution < -0.4 is 14.8 Å². The van der Waals surface area contributed by atoms with Gasteiger partial charge in [0.05, 0.1) is 21.6 Å². The quantitative estimate of drug-likeness (QED) is 0.0592. The Hall–Kier alpha value is -6.01. The van der Waals surface area contributed by atoms with E-state index in [1.807, 2.05) is 6.07 Å². The van der Waals surface area contributed by atoms with Gasteiger partial charge >= 0.3 is 0 Å². The number of likely N-dealkylation sites (tertiary alicyclic amines) is 1. The summed E-state index contributed by atoms with van der Waals surface area (Å²) in [5, 5.41) is 16.0. The molecule has 3 fully saturated rings. The molecule has 314 valence electrons. The molecule has 1 amide bonds. The first-order valence-corrected chi connectivity index (χ1v) is 22.6. The van der Waals surface area contributed by atoms with Crippen LogP contribution in [0.15, 0.2) is 96.2 Å². The zero-order valence-corrected chi connectivity index (χ0v) is 34.5. The van der Waals surface area contributed by atoms with Crippen molar-refractivity contribution < 1.29 is 27.6 Å². The zero-order valence-electron chi connectivity index (χ0n) is 33.7. The summed E-state index contributed by atoms with van der Waals surface area (Å²) < 4.78 is 41.2. The molecule has 61 heavy (non-hydrogen) atoms. The molecular weight excluding hydrogens is 793 g/mol. The van der Waals surface area contributed by atoms with E-state index in [1.54, 1.807) is 30.5 Å². The minimum Gasteiger partial charge on any atom is -0.455 e. The normalized spacial score (nSPS) is 21.1. The molecule has 0 bridgehead atoms. The van der Waals surface area contributed by atoms with Crippen LogP contribution in [0.2, 0.25) is 0 Å². The number of aromatic nitrogens is 2. The summed E-state index contributed by atoms with van der Waals surface area (Å²) in [5.74, 6) is 3.72. The number of benzene rings is 3. The lowest BCUT2D eigenvalue weighted by molar-refractivity contribution is -0.384. The van der Waals surface area contributed by atoms with Crippen LogP contribution in [0.1, 0.15) is 90.4 Å². The molecule has 9 rings (SSSR count). The van der Waals surface area contributed by atoms with Crippen LogP contribution in [0.5, 0.6) is 11.5 Å². The van der Waals surface area contributed by atoms with Gasteiger partial charge in [-0.25, -0.2) is 18.1 Å². The summed E-state index contributed by atoms with van der Waals surface area (Å²) >= 11 is 0. The predicted octanol–water partition coefficient (Wildman–Crippen LogP) is 8.73. The van der Waals surface area contributed by atoms with Gasteiger partial charge < -0.3 is 19.8 Å². The molecular formula is C47H48N6O7S. The molecule has 3 aromatic carbocycles. The van der Waals surface area contributed by atoms with Crippen LogP contribution in [0.4, 0.5) is 11.4 Å². The Morgan fingerprint density at radius 2 is 1.84 bits per heavy atom. The number of sulfonamides is 1. The second-order valence-corrected chi connectivity index (χ2v) is 18.2. The van der Waals surface area contributed by atoms with Gasteiger partial charge in [-0.05, 0) is 122 Å². The molecule has 2 aliphatic heterocycles. The highest BCUT2D eigenvalue weighted by Crippen LogP contribution is 2.49. The first kappa shape index (κ1) is 40.4. The summed E-state index contributed by atoms with van der Waals surface area (Å²) in [6.07, 6.45) is 19.3. The lowest BCUT2D eigenvalue weighted by Crippen LogP contribution is -2.37. The van der Waals surface area contributed by atoms with Gasteiger partial charge in [-0.15, -0.1) is 12.3 Å². The third-order valence-electron chi connectivity index (χ3n) is 12.7. The molecule has 2 aromatic heterocycles. The van der Waals surface area contributed by atoms with E-state index < -0.39 is 31.4 Å². The van der Waals surface area contributed by atoms with Gasteiger partial charge in [0.25, 0.3) is 21.6 Å². The number of carbonyl (C=O) groups excluding carboxylic acids is 1. The van der Waals surface area contributed by atoms with Gasteiger partial charge in [-0.1, -0.05) is 36.4 Å². The standard InChI is InChI=1S/C47H48N6O7S/c1-2-31-18-22-52(45(31)40-6-4-3-5-39(40)33-7-8-33)36-12-9-32(10-13-36)34-11-15-41(44(26-34)60-37-25-35-17-21-48-46(35)50-29-37)47(54)51-61(57,58)38-14-16-42(43(27-38)53(55)56)49-28-30-19-23-59-24-20-30/h1,3-6,9,11,14-17,21,25-27,29-31,33,36,45,49H,7-8,10,12-13,18-20,22-24,28H2,(H,48,50)(H,51,54). The van der Waals surface area contributed by atoms with Crippen LogP contribution in [0, 0.1) is 34.3 Å². The van der Waals surface area contributed by atoms with Crippen LogP contribution in [-0.4, -0.2) is 66.5 Å². The number of nitrogens with zero attached hydrogens (tertiary/aromatic N) is 3. The maximum Gasteiger partial charge on any atom is 0.293 e. The molecule has 0 spiro atoms. The molecule has 13 nitrogen and oxygen atoms in total. The lowest BCUT2D eigenvalue weighted by atomic mass is 9.86. The van der Waals surface area contributed by atoms with Gasteiger partial charge in [0, 0.05) is 62.0 Å². The Morgan fingerprint density at radius 1 is 1.02 bits per heavy atom. The Kier molecular flexibility index (Phi) is 11.4. The van der Waals surface area contributed by atoms with Crippen molar-refractivity contribution in [3.05, 3.63) is 124 Å². The molecule has 2 aliphatic carbocycles. The average molecular weight is 841 g/mol. The fourth-order valence-electron chi connectivity index (χ4n) is 9.24. The number of nitro groups is 1. The maximum atomic E-state index is 13.9. The highest BCUT2D eigenvalue weighted by molar-refractivity contribution is 7.90. The number of ether oxygens (including phenoxy) is 2. The minimum atomic E-state index is -4.56. The van der Waals surface area contributed by atoms with Gasteiger partial charge in [0.15, 0.2) is 0 Å². The van der Waals surface area contributed by atoms with E-state index in [9.17, 15) is 23.3 Å². The monoisotopic (exact) mass is 840 g/mol. The second kappa shape index (κ2) is 17.2. The molecule has 14 heteroatoms. The number of fused-ring (bicyclic) bond motifs is 1. The summed E-state index contributed by atoms with van der Waals surface area (Å²) in [6, 6.07) is 21.6. The summed E-state index contributed by atoms with van der Waals surface area (Å²) in [6.45, 7) is 2.68. The molecule has 3 unspecified atom stereocenters. The van der Waals surface area contributed by atoms with Crippen LogP contribution >= 0.6 is 0 Å². The summed E-state index contributed by atoms with van der Waals surface area (Å²) in [5.41, 5.74) is 5.17. The first-order chi connectivity index (χ1) is 29.6. The highest BCUT2D eigenvalue weighted by Gasteiger charge is 2.41. The number of pyridine rings is 1. The number of aromatic amines is 1. The fourth-order valence-corrected chi connectivity index (χ4v) is 10.2. The molecule has 4 aliphatic rings. The minimum absolute atomic E-state index is 0.0328.